The van der Waals surface area contributed by atoms with E-state index in [2.05, 4.69) is 10.6 Å². The largest absolute Gasteiger partial charge is 0.504 e. The number of hydrogen-bond acceptors (Lipinski definition) is 5. The molecule has 8 nitrogen and oxygen atoms in total. The van der Waals surface area contributed by atoms with Crippen LogP contribution in [0.1, 0.15) is 18.4 Å². The van der Waals surface area contributed by atoms with Crippen molar-refractivity contribution in [3.05, 3.63) is 23.8 Å². The molecule has 1 heterocycles. The van der Waals surface area contributed by atoms with Crippen molar-refractivity contribution >= 4 is 17.8 Å². The van der Waals surface area contributed by atoms with Crippen molar-refractivity contribution < 1.29 is 29.7 Å². The third-order valence-corrected chi connectivity index (χ3v) is 3.41. The third-order valence-electron chi connectivity index (χ3n) is 3.41. The van der Waals surface area contributed by atoms with Crippen LogP contribution in [0.5, 0.6) is 11.5 Å². The molecule has 2 rings (SSSR count). The molecule has 1 aliphatic heterocycles. The summed E-state index contributed by atoms with van der Waals surface area (Å²) in [4.78, 5) is 34.3. The number of benzene rings is 1. The fraction of sp³-hybridized carbons (Fsp3) is 0.357. The Morgan fingerprint density at radius 1 is 1.32 bits per heavy atom. The van der Waals surface area contributed by atoms with Gasteiger partial charge in [0, 0.05) is 12.8 Å². The maximum absolute atomic E-state index is 11.9. The molecule has 22 heavy (non-hydrogen) atoms. The first kappa shape index (κ1) is 15.6. The zero-order valence-electron chi connectivity index (χ0n) is 11.6. The molecule has 2 amide bonds. The summed E-state index contributed by atoms with van der Waals surface area (Å²) >= 11 is 0. The number of aromatic hydroxyl groups is 2. The number of carboxylic acids is 1. The second-order valence-corrected chi connectivity index (χ2v) is 5.09. The minimum absolute atomic E-state index is 0.0599. The number of carboxylic acid groups (broad SMARTS) is 1. The summed E-state index contributed by atoms with van der Waals surface area (Å²) in [5, 5.41) is 32.6. The van der Waals surface area contributed by atoms with Gasteiger partial charge in [0.15, 0.2) is 11.5 Å². The van der Waals surface area contributed by atoms with E-state index in [1.165, 1.54) is 18.2 Å². The summed E-state index contributed by atoms with van der Waals surface area (Å²) in [5.74, 6) is -2.70. The average Bonchev–Trinajstić information content (AvgIpc) is 2.88. The lowest BCUT2D eigenvalue weighted by Crippen LogP contribution is -2.49. The Morgan fingerprint density at radius 2 is 2.05 bits per heavy atom. The van der Waals surface area contributed by atoms with E-state index in [1.54, 1.807) is 0 Å². The standard InChI is InChI=1S/C14H16N2O6/c17-10-3-1-7(6-11(10)18)5-9(14(21)22)16-13(20)8-2-4-12(19)15-8/h1,3,6,8-9,17-18H,2,4-5H2,(H,15,19)(H,16,20)(H,21,22)/t8-,9-/m0/s1. The average molecular weight is 308 g/mol. The molecule has 118 valence electrons. The topological polar surface area (TPSA) is 136 Å². The van der Waals surface area contributed by atoms with Crippen molar-refractivity contribution in [3.63, 3.8) is 0 Å². The molecule has 1 fully saturated rings. The van der Waals surface area contributed by atoms with E-state index >= 15 is 0 Å². The minimum Gasteiger partial charge on any atom is -0.504 e. The maximum Gasteiger partial charge on any atom is 0.326 e. The maximum atomic E-state index is 11.9. The molecule has 1 aromatic rings. The van der Waals surface area contributed by atoms with Gasteiger partial charge >= 0.3 is 5.97 Å². The highest BCUT2D eigenvalue weighted by molar-refractivity contribution is 5.92. The van der Waals surface area contributed by atoms with Crippen LogP contribution in [-0.2, 0) is 20.8 Å². The molecule has 0 radical (unpaired) electrons. The second-order valence-electron chi connectivity index (χ2n) is 5.09. The van der Waals surface area contributed by atoms with E-state index in [-0.39, 0.29) is 30.2 Å². The molecular formula is C14H16N2O6. The van der Waals surface area contributed by atoms with Gasteiger partial charge in [0.25, 0.3) is 0 Å². The van der Waals surface area contributed by atoms with Crippen LogP contribution in [0.2, 0.25) is 0 Å². The Hall–Kier alpha value is -2.77. The number of aliphatic carboxylic acids is 1. The van der Waals surface area contributed by atoms with Crippen LogP contribution in [0.25, 0.3) is 0 Å². The number of nitrogens with one attached hydrogen (secondary N) is 2. The third kappa shape index (κ3) is 3.66. The molecule has 1 aromatic carbocycles. The van der Waals surface area contributed by atoms with Crippen LogP contribution >= 0.6 is 0 Å². The molecule has 5 N–H and O–H groups in total. The Bertz CT molecular complexity index is 615. The van der Waals surface area contributed by atoms with E-state index in [0.29, 0.717) is 12.0 Å². The summed E-state index contributed by atoms with van der Waals surface area (Å²) in [6.45, 7) is 0. The van der Waals surface area contributed by atoms with Crippen LogP contribution < -0.4 is 10.6 Å². The number of amides is 2. The lowest BCUT2D eigenvalue weighted by molar-refractivity contribution is -0.142. The number of phenols is 2. The van der Waals surface area contributed by atoms with E-state index in [4.69, 9.17) is 0 Å². The molecule has 0 saturated carbocycles. The lowest BCUT2D eigenvalue weighted by Gasteiger charge is -2.17. The highest BCUT2D eigenvalue weighted by Gasteiger charge is 2.30. The summed E-state index contributed by atoms with van der Waals surface area (Å²) in [6.07, 6.45) is 0.508. The lowest BCUT2D eigenvalue weighted by atomic mass is 10.0. The molecule has 1 aliphatic rings. The molecule has 0 bridgehead atoms. The monoisotopic (exact) mass is 308 g/mol. The quantitative estimate of drug-likeness (QED) is 0.465. The van der Waals surface area contributed by atoms with Gasteiger partial charge in [-0.1, -0.05) is 6.07 Å². The SMILES string of the molecule is O=C1CC[C@@H](C(=O)N[C@@H](Cc2ccc(O)c(O)c2)C(=O)O)N1. The first-order valence-corrected chi connectivity index (χ1v) is 6.70. The van der Waals surface area contributed by atoms with Gasteiger partial charge in [0.2, 0.25) is 11.8 Å². The fourth-order valence-electron chi connectivity index (χ4n) is 2.21. The number of carbonyl (C=O) groups excluding carboxylic acids is 2. The van der Waals surface area contributed by atoms with Gasteiger partial charge < -0.3 is 26.0 Å². The smallest absolute Gasteiger partial charge is 0.326 e. The predicted octanol–water partition coefficient (Wildman–Crippen LogP) is -0.512. The normalized spacial score (nSPS) is 18.5. The van der Waals surface area contributed by atoms with Crippen molar-refractivity contribution in [1.82, 2.24) is 10.6 Å². The van der Waals surface area contributed by atoms with E-state index in [0.717, 1.165) is 0 Å². The van der Waals surface area contributed by atoms with Crippen molar-refractivity contribution in [2.24, 2.45) is 0 Å². The molecule has 2 atom stereocenters. The van der Waals surface area contributed by atoms with Crippen molar-refractivity contribution in [3.8, 4) is 11.5 Å². The zero-order valence-corrected chi connectivity index (χ0v) is 11.6. The van der Waals surface area contributed by atoms with Gasteiger partial charge in [-0.25, -0.2) is 4.79 Å². The molecule has 1 saturated heterocycles. The van der Waals surface area contributed by atoms with E-state index in [9.17, 15) is 29.7 Å². The number of hydrogen-bond donors (Lipinski definition) is 5. The Morgan fingerprint density at radius 3 is 2.59 bits per heavy atom. The minimum atomic E-state index is -1.23. The summed E-state index contributed by atoms with van der Waals surface area (Å²) in [6, 6.07) is 2.00. The number of carbonyl (C=O) groups is 3. The Labute approximate surface area is 125 Å². The number of phenolic OH excluding ortho intramolecular Hbond substituents is 2. The Balaban J connectivity index is 2.03. The van der Waals surface area contributed by atoms with E-state index in [1.807, 2.05) is 0 Å². The molecule has 0 aliphatic carbocycles. The summed E-state index contributed by atoms with van der Waals surface area (Å²) in [7, 11) is 0. The van der Waals surface area contributed by atoms with Crippen LogP contribution in [0.15, 0.2) is 18.2 Å². The zero-order chi connectivity index (χ0) is 16.3. The molecule has 0 unspecified atom stereocenters. The molecule has 0 spiro atoms. The van der Waals surface area contributed by atoms with Crippen molar-refractivity contribution in [2.75, 3.05) is 0 Å². The molecule has 0 aromatic heterocycles. The van der Waals surface area contributed by atoms with Crippen LogP contribution in [0.3, 0.4) is 0 Å². The first-order chi connectivity index (χ1) is 10.4. The number of rotatable bonds is 5. The van der Waals surface area contributed by atoms with Crippen molar-refractivity contribution in [1.29, 1.82) is 0 Å². The van der Waals surface area contributed by atoms with Gasteiger partial charge in [-0.15, -0.1) is 0 Å². The Kier molecular flexibility index (Phi) is 4.50. The summed E-state index contributed by atoms with van der Waals surface area (Å²) in [5.41, 5.74) is 0.443. The van der Waals surface area contributed by atoms with Crippen LogP contribution in [0.4, 0.5) is 0 Å². The van der Waals surface area contributed by atoms with Gasteiger partial charge in [-0.2, -0.15) is 0 Å². The van der Waals surface area contributed by atoms with Gasteiger partial charge in [-0.3, -0.25) is 9.59 Å². The van der Waals surface area contributed by atoms with E-state index < -0.39 is 24.0 Å². The first-order valence-electron chi connectivity index (χ1n) is 6.70. The fourth-order valence-corrected chi connectivity index (χ4v) is 2.21. The highest BCUT2D eigenvalue weighted by Crippen LogP contribution is 2.25. The second kappa shape index (κ2) is 6.33. The van der Waals surface area contributed by atoms with Crippen molar-refractivity contribution in [2.45, 2.75) is 31.3 Å². The van der Waals surface area contributed by atoms with Gasteiger partial charge in [0.05, 0.1) is 0 Å². The van der Waals surface area contributed by atoms with Crippen LogP contribution in [0, 0.1) is 0 Å². The van der Waals surface area contributed by atoms with Gasteiger partial charge in [-0.05, 0) is 24.1 Å². The highest BCUT2D eigenvalue weighted by atomic mass is 16.4. The summed E-state index contributed by atoms with van der Waals surface area (Å²) < 4.78 is 0. The predicted molar refractivity (Wildman–Crippen MR) is 74.2 cm³/mol. The van der Waals surface area contributed by atoms with Gasteiger partial charge in [0.1, 0.15) is 12.1 Å². The van der Waals surface area contributed by atoms with Crippen LogP contribution in [-0.4, -0.2) is 45.2 Å². The molecule has 8 heteroatoms. The molecular weight excluding hydrogens is 292 g/mol.